The van der Waals surface area contributed by atoms with Crippen molar-refractivity contribution in [2.75, 3.05) is 44.4 Å². The highest BCUT2D eigenvalue weighted by molar-refractivity contribution is 5.81. The smallest absolute Gasteiger partial charge is 0.241 e. The van der Waals surface area contributed by atoms with Crippen LogP contribution in [0.25, 0.3) is 0 Å². The van der Waals surface area contributed by atoms with E-state index in [1.54, 1.807) is 14.2 Å². The molecule has 1 amide bonds. The van der Waals surface area contributed by atoms with Gasteiger partial charge < -0.3 is 20.3 Å². The van der Waals surface area contributed by atoms with Crippen LogP contribution in [-0.2, 0) is 4.79 Å². The third kappa shape index (κ3) is 3.28. The Morgan fingerprint density at radius 2 is 2.00 bits per heavy atom. The maximum Gasteiger partial charge on any atom is 0.241 e. The third-order valence-electron chi connectivity index (χ3n) is 3.36. The standard InChI is InChI=1S/C13H21N5O2/c1-14-12-11(20-2)13(17-9-16-12)15-8-10(19)18-6-4-3-5-7-18/h9H,3-8H2,1-2H3,(H2,14,15,16,17). The first-order valence-electron chi connectivity index (χ1n) is 6.84. The molecule has 20 heavy (non-hydrogen) atoms. The maximum atomic E-state index is 12.1. The van der Waals surface area contributed by atoms with Crippen molar-refractivity contribution in [1.29, 1.82) is 0 Å². The van der Waals surface area contributed by atoms with Crippen LogP contribution in [0.3, 0.4) is 0 Å². The minimum Gasteiger partial charge on any atom is -0.490 e. The molecule has 1 fully saturated rings. The molecular weight excluding hydrogens is 258 g/mol. The maximum absolute atomic E-state index is 12.1. The molecule has 0 aromatic carbocycles. The van der Waals surface area contributed by atoms with E-state index in [1.165, 1.54) is 12.7 Å². The van der Waals surface area contributed by atoms with Gasteiger partial charge in [-0.3, -0.25) is 4.79 Å². The molecule has 0 saturated carbocycles. The zero-order chi connectivity index (χ0) is 14.4. The Hall–Kier alpha value is -2.05. The molecule has 7 heteroatoms. The van der Waals surface area contributed by atoms with Crippen molar-refractivity contribution in [2.45, 2.75) is 19.3 Å². The minimum absolute atomic E-state index is 0.0939. The van der Waals surface area contributed by atoms with Gasteiger partial charge in [0.15, 0.2) is 11.6 Å². The fraction of sp³-hybridized carbons (Fsp3) is 0.615. The summed E-state index contributed by atoms with van der Waals surface area (Å²) in [5, 5.41) is 5.96. The van der Waals surface area contributed by atoms with Gasteiger partial charge in [-0.1, -0.05) is 0 Å². The molecule has 0 atom stereocenters. The quantitative estimate of drug-likeness (QED) is 0.835. The highest BCUT2D eigenvalue weighted by atomic mass is 16.5. The largest absolute Gasteiger partial charge is 0.490 e. The molecule has 2 rings (SSSR count). The molecule has 1 saturated heterocycles. The lowest BCUT2D eigenvalue weighted by molar-refractivity contribution is -0.130. The number of anilines is 2. The number of nitrogens with zero attached hydrogens (tertiary/aromatic N) is 3. The summed E-state index contributed by atoms with van der Waals surface area (Å²) < 4.78 is 5.27. The molecule has 1 aliphatic rings. The summed E-state index contributed by atoms with van der Waals surface area (Å²) in [6.45, 7) is 1.92. The van der Waals surface area contributed by atoms with E-state index in [-0.39, 0.29) is 12.5 Å². The Morgan fingerprint density at radius 3 is 2.65 bits per heavy atom. The van der Waals surface area contributed by atoms with Crippen LogP contribution in [0.1, 0.15) is 19.3 Å². The number of carbonyl (C=O) groups excluding carboxylic acids is 1. The summed E-state index contributed by atoms with van der Waals surface area (Å²) in [5.41, 5.74) is 0. The summed E-state index contributed by atoms with van der Waals surface area (Å²) in [6.07, 6.45) is 4.82. The van der Waals surface area contributed by atoms with Crippen molar-refractivity contribution in [2.24, 2.45) is 0 Å². The van der Waals surface area contributed by atoms with Crippen LogP contribution in [0.5, 0.6) is 5.75 Å². The van der Waals surface area contributed by atoms with Crippen LogP contribution in [0, 0.1) is 0 Å². The second-order valence-corrected chi connectivity index (χ2v) is 4.65. The van der Waals surface area contributed by atoms with Gasteiger partial charge in [-0.05, 0) is 19.3 Å². The Balaban J connectivity index is 1.98. The van der Waals surface area contributed by atoms with Gasteiger partial charge in [0, 0.05) is 20.1 Å². The molecule has 0 radical (unpaired) electrons. The van der Waals surface area contributed by atoms with Crippen molar-refractivity contribution in [3.63, 3.8) is 0 Å². The van der Waals surface area contributed by atoms with Crippen molar-refractivity contribution in [3.05, 3.63) is 6.33 Å². The van der Waals surface area contributed by atoms with Crippen LogP contribution >= 0.6 is 0 Å². The second-order valence-electron chi connectivity index (χ2n) is 4.65. The van der Waals surface area contributed by atoms with Gasteiger partial charge >= 0.3 is 0 Å². The first-order valence-corrected chi connectivity index (χ1v) is 6.84. The highest BCUT2D eigenvalue weighted by Gasteiger charge is 2.17. The molecule has 7 nitrogen and oxygen atoms in total. The van der Waals surface area contributed by atoms with Crippen LogP contribution < -0.4 is 15.4 Å². The molecule has 1 aromatic rings. The van der Waals surface area contributed by atoms with Crippen molar-refractivity contribution >= 4 is 17.5 Å². The van der Waals surface area contributed by atoms with Crippen molar-refractivity contribution in [1.82, 2.24) is 14.9 Å². The van der Waals surface area contributed by atoms with Gasteiger partial charge in [0.1, 0.15) is 6.33 Å². The average molecular weight is 279 g/mol. The Labute approximate surface area is 118 Å². The van der Waals surface area contributed by atoms with E-state index >= 15 is 0 Å². The molecule has 1 aromatic heterocycles. The van der Waals surface area contributed by atoms with Gasteiger partial charge in [-0.2, -0.15) is 0 Å². The topological polar surface area (TPSA) is 79.4 Å². The zero-order valence-electron chi connectivity index (χ0n) is 12.0. The highest BCUT2D eigenvalue weighted by Crippen LogP contribution is 2.28. The lowest BCUT2D eigenvalue weighted by Gasteiger charge is -2.26. The Bertz CT molecular complexity index is 460. The summed E-state index contributed by atoms with van der Waals surface area (Å²) >= 11 is 0. The number of carbonyl (C=O) groups is 1. The van der Waals surface area contributed by atoms with Crippen LogP contribution in [0.2, 0.25) is 0 Å². The first kappa shape index (κ1) is 14.4. The predicted molar refractivity (Wildman–Crippen MR) is 77.1 cm³/mol. The van der Waals surface area contributed by atoms with Crippen LogP contribution in [-0.4, -0.2) is 54.6 Å². The van der Waals surface area contributed by atoms with Crippen LogP contribution in [0.4, 0.5) is 11.6 Å². The van der Waals surface area contributed by atoms with E-state index in [2.05, 4.69) is 20.6 Å². The fourth-order valence-electron chi connectivity index (χ4n) is 2.29. The monoisotopic (exact) mass is 279 g/mol. The van der Waals surface area contributed by atoms with E-state index in [0.717, 1.165) is 25.9 Å². The SMILES string of the molecule is CNc1ncnc(NCC(=O)N2CCCCC2)c1OC. The Morgan fingerprint density at radius 1 is 1.30 bits per heavy atom. The third-order valence-corrected chi connectivity index (χ3v) is 3.36. The number of amides is 1. The Kier molecular flexibility index (Phi) is 4.97. The molecule has 0 aliphatic carbocycles. The molecule has 0 unspecified atom stereocenters. The van der Waals surface area contributed by atoms with E-state index in [9.17, 15) is 4.79 Å². The fourth-order valence-corrected chi connectivity index (χ4v) is 2.29. The van der Waals surface area contributed by atoms with Crippen LogP contribution in [0.15, 0.2) is 6.33 Å². The molecule has 2 heterocycles. The molecule has 2 N–H and O–H groups in total. The second kappa shape index (κ2) is 6.93. The molecular formula is C13H21N5O2. The van der Waals surface area contributed by atoms with Gasteiger partial charge in [0.05, 0.1) is 13.7 Å². The van der Waals surface area contributed by atoms with Gasteiger partial charge in [0.25, 0.3) is 0 Å². The van der Waals surface area contributed by atoms with E-state index < -0.39 is 0 Å². The molecule has 0 bridgehead atoms. The summed E-state index contributed by atoms with van der Waals surface area (Å²) in [7, 11) is 3.31. The summed E-state index contributed by atoms with van der Waals surface area (Å²) in [4.78, 5) is 22.2. The van der Waals surface area contributed by atoms with Gasteiger partial charge in [0.2, 0.25) is 11.7 Å². The number of hydrogen-bond donors (Lipinski definition) is 2. The van der Waals surface area contributed by atoms with E-state index in [4.69, 9.17) is 4.74 Å². The molecule has 0 spiro atoms. The lowest BCUT2D eigenvalue weighted by Crippen LogP contribution is -2.39. The van der Waals surface area contributed by atoms with Gasteiger partial charge in [-0.15, -0.1) is 0 Å². The number of hydrogen-bond acceptors (Lipinski definition) is 6. The number of rotatable bonds is 5. The predicted octanol–water partition coefficient (Wildman–Crippen LogP) is 0.951. The number of aromatic nitrogens is 2. The zero-order valence-corrected chi connectivity index (χ0v) is 12.0. The van der Waals surface area contributed by atoms with E-state index in [0.29, 0.717) is 17.4 Å². The van der Waals surface area contributed by atoms with Crippen molar-refractivity contribution in [3.8, 4) is 5.75 Å². The number of nitrogens with one attached hydrogen (secondary N) is 2. The number of ether oxygens (including phenoxy) is 1. The average Bonchev–Trinajstić information content (AvgIpc) is 2.52. The molecule has 110 valence electrons. The molecule has 1 aliphatic heterocycles. The lowest BCUT2D eigenvalue weighted by atomic mass is 10.1. The summed E-state index contributed by atoms with van der Waals surface area (Å²) in [5.74, 6) is 1.73. The normalized spacial score (nSPS) is 14.8. The number of piperidine rings is 1. The summed E-state index contributed by atoms with van der Waals surface area (Å²) in [6, 6.07) is 0. The van der Waals surface area contributed by atoms with Gasteiger partial charge in [-0.25, -0.2) is 9.97 Å². The number of methoxy groups -OCH3 is 1. The minimum atomic E-state index is 0.0939. The first-order chi connectivity index (χ1) is 9.76. The van der Waals surface area contributed by atoms with E-state index in [1.807, 2.05) is 4.90 Å². The van der Waals surface area contributed by atoms with Crippen molar-refractivity contribution < 1.29 is 9.53 Å². The number of likely N-dealkylation sites (tertiary alicyclic amines) is 1.